The highest BCUT2D eigenvalue weighted by molar-refractivity contribution is 6.32. The SMILES string of the molecule is CCOC(=O)C1(N)CCC(Oc2ccc(-c3nc(-c4ccc(OC(C)C)c(Cl)c4)no3)cc2)C1.CCOC(=O)C1(NC(=O)OC(C)(C)C)CCC(Oc2ccc(-c3nc(-c4ccc(OC(C)C)c(Cl)c4)no3)cc2)C1. The summed E-state index contributed by atoms with van der Waals surface area (Å²) < 4.78 is 50.2. The van der Waals surface area contributed by atoms with Gasteiger partial charge in [-0.25, -0.2) is 9.59 Å². The number of carbonyl (C=O) groups is 3. The topological polar surface area (TPSA) is 232 Å². The third-order valence-corrected chi connectivity index (χ3v) is 12.4. The average Bonchev–Trinajstić information content (AvgIpc) is 4.19. The molecule has 4 aromatic carbocycles. The molecule has 20 heteroatoms. The van der Waals surface area contributed by atoms with E-state index in [1.807, 2.05) is 76.2 Å². The molecule has 75 heavy (non-hydrogen) atoms. The van der Waals surface area contributed by atoms with Crippen molar-refractivity contribution in [2.75, 3.05) is 13.2 Å². The van der Waals surface area contributed by atoms with Crippen molar-refractivity contribution >= 4 is 41.2 Å². The minimum atomic E-state index is -1.22. The van der Waals surface area contributed by atoms with Gasteiger partial charge in [0.25, 0.3) is 11.8 Å². The predicted molar refractivity (Wildman–Crippen MR) is 281 cm³/mol. The Balaban J connectivity index is 0.000000222. The molecule has 2 heterocycles. The summed E-state index contributed by atoms with van der Waals surface area (Å²) >= 11 is 12.7. The molecular formula is C55H64Cl2N6O12. The van der Waals surface area contributed by atoms with Crippen molar-refractivity contribution in [1.82, 2.24) is 25.6 Å². The lowest BCUT2D eigenvalue weighted by atomic mass is 9.98. The zero-order chi connectivity index (χ0) is 54.1. The average molecular weight is 1070 g/mol. The number of nitrogens with one attached hydrogen (secondary N) is 1. The quantitative estimate of drug-likeness (QED) is 0.0638. The number of hydrogen-bond donors (Lipinski definition) is 2. The van der Waals surface area contributed by atoms with Gasteiger partial charge >= 0.3 is 18.0 Å². The summed E-state index contributed by atoms with van der Waals surface area (Å²) in [5, 5.41) is 11.9. The van der Waals surface area contributed by atoms with Gasteiger partial charge in [-0.3, -0.25) is 4.79 Å². The first-order valence-corrected chi connectivity index (χ1v) is 25.7. The standard InChI is InChI=1S/C30H36ClN3O7.C25H28ClN3O5/c1-7-37-27(35)30(33-28(36)40-29(4,5)6)15-14-22(17-30)39-21-11-8-19(9-12-21)26-32-25(34-41-26)20-10-13-24(23(31)16-20)38-18(2)3;1-4-31-24(30)25(27)12-11-19(14-25)33-18-8-5-16(6-9-18)23-28-22(29-34-23)17-7-10-21(20(26)13-17)32-15(2)3/h8-13,16,18,22H,7,14-15,17H2,1-6H3,(H,33,36);5-10,13,15,19H,4,11-12,14,27H2,1-3H3. The maximum absolute atomic E-state index is 12.9. The highest BCUT2D eigenvalue weighted by atomic mass is 35.5. The molecular weight excluding hydrogens is 1010 g/mol. The number of alkyl carbamates (subject to hydrolysis) is 1. The molecule has 4 unspecified atom stereocenters. The van der Waals surface area contributed by atoms with Crippen molar-refractivity contribution < 1.29 is 56.6 Å². The van der Waals surface area contributed by atoms with Crippen LogP contribution in [0.4, 0.5) is 4.79 Å². The van der Waals surface area contributed by atoms with Gasteiger partial charge in [0.1, 0.15) is 51.9 Å². The van der Waals surface area contributed by atoms with Crippen LogP contribution in [0.1, 0.15) is 101 Å². The summed E-state index contributed by atoms with van der Waals surface area (Å²) in [4.78, 5) is 46.5. The number of aromatic nitrogens is 4. The lowest BCUT2D eigenvalue weighted by Gasteiger charge is -2.29. The minimum absolute atomic E-state index is 0.00441. The van der Waals surface area contributed by atoms with Gasteiger partial charge in [0.2, 0.25) is 11.6 Å². The molecule has 2 aromatic heterocycles. The number of ether oxygens (including phenoxy) is 7. The second-order valence-electron chi connectivity index (χ2n) is 19.8. The van der Waals surface area contributed by atoms with E-state index in [1.54, 1.807) is 71.0 Å². The van der Waals surface area contributed by atoms with Crippen LogP contribution in [0.25, 0.3) is 45.7 Å². The van der Waals surface area contributed by atoms with E-state index < -0.39 is 28.7 Å². The Labute approximate surface area is 446 Å². The highest BCUT2D eigenvalue weighted by Gasteiger charge is 2.50. The lowest BCUT2D eigenvalue weighted by molar-refractivity contribution is -0.151. The van der Waals surface area contributed by atoms with Crippen LogP contribution in [-0.2, 0) is 23.8 Å². The summed E-state index contributed by atoms with van der Waals surface area (Å²) in [6.45, 7) is 17.0. The van der Waals surface area contributed by atoms with Crippen molar-refractivity contribution in [3.63, 3.8) is 0 Å². The fourth-order valence-electron chi connectivity index (χ4n) is 8.44. The van der Waals surface area contributed by atoms with E-state index in [4.69, 9.17) is 71.1 Å². The number of nitrogens with two attached hydrogens (primary N) is 1. The number of hydrogen-bond acceptors (Lipinski definition) is 17. The molecule has 2 aliphatic carbocycles. The van der Waals surface area contributed by atoms with Crippen LogP contribution < -0.4 is 30.0 Å². The van der Waals surface area contributed by atoms with Gasteiger partial charge < -0.3 is 53.3 Å². The number of carbonyl (C=O) groups excluding carboxylic acids is 3. The second-order valence-corrected chi connectivity index (χ2v) is 20.6. The number of amides is 1. The normalized spacial score (nSPS) is 19.2. The predicted octanol–water partition coefficient (Wildman–Crippen LogP) is 11.6. The fraction of sp³-hybridized carbons (Fsp3) is 0.436. The molecule has 4 atom stereocenters. The van der Waals surface area contributed by atoms with Crippen molar-refractivity contribution in [3.05, 3.63) is 95.0 Å². The van der Waals surface area contributed by atoms with Crippen molar-refractivity contribution in [3.8, 4) is 68.7 Å². The number of benzene rings is 4. The zero-order valence-corrected chi connectivity index (χ0v) is 45.1. The van der Waals surface area contributed by atoms with Gasteiger partial charge in [0.05, 0.1) is 35.5 Å². The Bertz CT molecular complexity index is 2900. The van der Waals surface area contributed by atoms with Crippen LogP contribution in [0, 0.1) is 0 Å². The Hall–Kier alpha value is -6.89. The Morgan fingerprint density at radius 2 is 1.11 bits per heavy atom. The first-order valence-electron chi connectivity index (χ1n) is 24.9. The van der Waals surface area contributed by atoms with Crippen LogP contribution in [0.5, 0.6) is 23.0 Å². The molecule has 2 fully saturated rings. The van der Waals surface area contributed by atoms with Gasteiger partial charge in [-0.15, -0.1) is 0 Å². The van der Waals surface area contributed by atoms with E-state index >= 15 is 0 Å². The monoisotopic (exact) mass is 1070 g/mol. The van der Waals surface area contributed by atoms with Gasteiger partial charge in [-0.1, -0.05) is 33.5 Å². The number of nitrogens with zero attached hydrogens (tertiary/aromatic N) is 4. The molecule has 2 aliphatic rings. The summed E-state index contributed by atoms with van der Waals surface area (Å²) in [5.41, 5.74) is 6.21. The third-order valence-electron chi connectivity index (χ3n) is 11.8. The maximum atomic E-state index is 12.9. The zero-order valence-electron chi connectivity index (χ0n) is 43.6. The molecule has 0 radical (unpaired) electrons. The smallest absolute Gasteiger partial charge is 0.408 e. The Kier molecular flexibility index (Phi) is 18.0. The molecule has 0 bridgehead atoms. The van der Waals surface area contributed by atoms with E-state index in [2.05, 4.69) is 25.6 Å². The first kappa shape index (κ1) is 55.9. The minimum Gasteiger partial charge on any atom is -0.490 e. The summed E-state index contributed by atoms with van der Waals surface area (Å²) in [7, 11) is 0. The second kappa shape index (κ2) is 24.2. The van der Waals surface area contributed by atoms with Crippen LogP contribution >= 0.6 is 23.2 Å². The third kappa shape index (κ3) is 14.7. The molecule has 2 saturated carbocycles. The van der Waals surface area contributed by atoms with E-state index in [0.717, 1.165) is 11.1 Å². The molecule has 0 saturated heterocycles. The van der Waals surface area contributed by atoms with Gasteiger partial charge in [-0.2, -0.15) is 9.97 Å². The van der Waals surface area contributed by atoms with Crippen molar-refractivity contribution in [2.45, 2.75) is 142 Å². The summed E-state index contributed by atoms with van der Waals surface area (Å²) in [6.07, 6.45) is 1.71. The molecule has 3 N–H and O–H groups in total. The highest BCUT2D eigenvalue weighted by Crippen LogP contribution is 2.37. The molecule has 1 amide bonds. The van der Waals surface area contributed by atoms with Crippen LogP contribution in [0.15, 0.2) is 94.0 Å². The molecule has 6 aromatic rings. The van der Waals surface area contributed by atoms with Gasteiger partial charge in [0, 0.05) is 35.1 Å². The fourth-order valence-corrected chi connectivity index (χ4v) is 8.89. The van der Waals surface area contributed by atoms with E-state index in [-0.39, 0.29) is 43.4 Å². The number of esters is 2. The maximum Gasteiger partial charge on any atom is 0.408 e. The molecule has 18 nitrogen and oxygen atoms in total. The van der Waals surface area contributed by atoms with E-state index in [0.29, 0.717) is 106 Å². The van der Waals surface area contributed by atoms with Crippen LogP contribution in [-0.4, -0.2) is 92.6 Å². The van der Waals surface area contributed by atoms with Crippen LogP contribution in [0.2, 0.25) is 10.0 Å². The van der Waals surface area contributed by atoms with E-state index in [1.165, 1.54) is 0 Å². The summed E-state index contributed by atoms with van der Waals surface area (Å²) in [5.74, 6) is 3.16. The Morgan fingerprint density at radius 1 is 0.667 bits per heavy atom. The molecule has 0 aliphatic heterocycles. The van der Waals surface area contributed by atoms with Gasteiger partial charge in [-0.05, 0) is 173 Å². The first-order chi connectivity index (χ1) is 35.6. The largest absolute Gasteiger partial charge is 0.490 e. The Morgan fingerprint density at radius 3 is 1.55 bits per heavy atom. The summed E-state index contributed by atoms with van der Waals surface area (Å²) in [6, 6.07) is 25.3. The van der Waals surface area contributed by atoms with Gasteiger partial charge in [0.15, 0.2) is 0 Å². The van der Waals surface area contributed by atoms with Crippen molar-refractivity contribution in [1.29, 1.82) is 0 Å². The number of rotatable bonds is 17. The van der Waals surface area contributed by atoms with Crippen molar-refractivity contribution in [2.24, 2.45) is 5.73 Å². The molecule has 8 rings (SSSR count). The lowest BCUT2D eigenvalue weighted by Crippen LogP contribution is -2.55. The van der Waals surface area contributed by atoms with Crippen LogP contribution in [0.3, 0.4) is 0 Å². The van der Waals surface area contributed by atoms with E-state index in [9.17, 15) is 14.4 Å². The molecule has 0 spiro atoms. The number of halogens is 2. The molecule has 400 valence electrons.